The number of rotatable bonds is 3. The molecule has 2 aliphatic heterocycles. The molecule has 1 aromatic rings. The predicted molar refractivity (Wildman–Crippen MR) is 95.1 cm³/mol. The van der Waals surface area contributed by atoms with Crippen molar-refractivity contribution < 1.29 is 18.6 Å². The molecule has 10 heteroatoms. The minimum Gasteiger partial charge on any atom is -0.270 e. The first-order valence-corrected chi connectivity index (χ1v) is 8.25. The molecule has 2 aliphatic rings. The van der Waals surface area contributed by atoms with E-state index in [9.17, 15) is 14.0 Å². The van der Waals surface area contributed by atoms with Gasteiger partial charge in [-0.1, -0.05) is 22.7 Å². The monoisotopic (exact) mass is 379 g/mol. The maximum absolute atomic E-state index is 13.8. The van der Waals surface area contributed by atoms with Gasteiger partial charge in [-0.25, -0.2) is 13.8 Å². The number of amides is 3. The Morgan fingerprint density at radius 1 is 1.38 bits per heavy atom. The van der Waals surface area contributed by atoms with Crippen molar-refractivity contribution in [3.05, 3.63) is 34.6 Å². The van der Waals surface area contributed by atoms with Crippen molar-refractivity contribution >= 4 is 41.5 Å². The van der Waals surface area contributed by atoms with Gasteiger partial charge in [0, 0.05) is 14.1 Å². The van der Waals surface area contributed by atoms with Gasteiger partial charge in [0.25, 0.3) is 5.91 Å². The minimum absolute atomic E-state index is 0.136. The van der Waals surface area contributed by atoms with E-state index in [-0.39, 0.29) is 16.5 Å². The first kappa shape index (κ1) is 18.0. The zero-order valence-corrected chi connectivity index (χ0v) is 15.2. The number of halogens is 2. The minimum atomic E-state index is -0.706. The average Bonchev–Trinajstić information content (AvgIpc) is 2.99. The first-order valence-electron chi connectivity index (χ1n) is 7.87. The first-order chi connectivity index (χ1) is 12.4. The smallest absolute Gasteiger partial charge is 0.270 e. The molecule has 0 radical (unpaired) electrons. The van der Waals surface area contributed by atoms with Gasteiger partial charge >= 0.3 is 12.0 Å². The number of hydrazone groups is 1. The Hall–Kier alpha value is -2.81. The quantitative estimate of drug-likeness (QED) is 0.485. The number of fused-ring (bicyclic) bond motifs is 1. The number of likely N-dealkylation sites (N-methyl/N-ethyl adjacent to an activating group) is 3. The van der Waals surface area contributed by atoms with Gasteiger partial charge < -0.3 is 0 Å². The van der Waals surface area contributed by atoms with Crippen LogP contribution in [0.5, 0.6) is 0 Å². The highest BCUT2D eigenvalue weighted by molar-refractivity contribution is 6.33. The fourth-order valence-electron chi connectivity index (χ4n) is 2.81. The van der Waals surface area contributed by atoms with Crippen LogP contribution in [0.3, 0.4) is 0 Å². The third-order valence-corrected chi connectivity index (χ3v) is 4.56. The lowest BCUT2D eigenvalue weighted by atomic mass is 10.1. The number of hydrogen-bond acceptors (Lipinski definition) is 5. The van der Waals surface area contributed by atoms with Gasteiger partial charge in [0.05, 0.1) is 23.3 Å². The van der Waals surface area contributed by atoms with Crippen LogP contribution in [0.15, 0.2) is 28.3 Å². The largest absolute Gasteiger partial charge is 0.413 e. The highest BCUT2D eigenvalue weighted by Gasteiger charge is 2.51. The molecule has 136 valence electrons. The second kappa shape index (κ2) is 6.83. The maximum atomic E-state index is 13.8. The van der Waals surface area contributed by atoms with Crippen molar-refractivity contribution in [3.8, 4) is 0 Å². The van der Waals surface area contributed by atoms with Crippen LogP contribution in [-0.4, -0.2) is 71.0 Å². The van der Waals surface area contributed by atoms with Crippen LogP contribution in [0.25, 0.3) is 0 Å². The van der Waals surface area contributed by atoms with Crippen molar-refractivity contribution in [1.29, 1.82) is 0 Å². The van der Waals surface area contributed by atoms with E-state index in [1.807, 2.05) is 6.92 Å². The van der Waals surface area contributed by atoms with Crippen LogP contribution in [0.2, 0.25) is 5.02 Å². The number of guanidine groups is 1. The fraction of sp³-hybridized carbons (Fsp3) is 0.312. The molecule has 1 unspecified atom stereocenters. The average molecular weight is 380 g/mol. The Morgan fingerprint density at radius 2 is 2.12 bits per heavy atom. The molecule has 8 nitrogen and oxygen atoms in total. The van der Waals surface area contributed by atoms with Crippen LogP contribution in [-0.2, 0) is 4.79 Å². The zero-order valence-electron chi connectivity index (χ0n) is 14.4. The number of carbonyl (C=O) groups is 2. The lowest BCUT2D eigenvalue weighted by molar-refractivity contribution is -0.533. The topological polar surface area (TPSA) is 80.4 Å². The van der Waals surface area contributed by atoms with E-state index in [0.29, 0.717) is 18.3 Å². The lowest BCUT2D eigenvalue weighted by Crippen LogP contribution is -2.61. The van der Waals surface area contributed by atoms with Crippen molar-refractivity contribution in [3.63, 3.8) is 0 Å². The number of nitrogens with zero attached hydrogens (tertiary/aromatic N) is 5. The molecule has 2 heterocycles. The summed E-state index contributed by atoms with van der Waals surface area (Å²) in [7, 11) is 2.98. The number of nitrogens with one attached hydrogen (secondary N) is 1. The molecule has 3 amide bonds. The molecule has 0 aliphatic carbocycles. The number of amidine groups is 1. The van der Waals surface area contributed by atoms with E-state index in [1.165, 1.54) is 30.3 Å². The third kappa shape index (κ3) is 2.84. The Kier molecular flexibility index (Phi) is 4.73. The predicted octanol–water partition coefficient (Wildman–Crippen LogP) is 1.10. The van der Waals surface area contributed by atoms with Gasteiger partial charge in [-0.3, -0.25) is 14.6 Å². The number of aliphatic imine (C=N–C) groups is 1. The molecule has 1 N–H and O–H groups in total. The Labute approximate surface area is 154 Å². The van der Waals surface area contributed by atoms with Gasteiger partial charge in [0.1, 0.15) is 5.82 Å². The summed E-state index contributed by atoms with van der Waals surface area (Å²) in [5, 5.41) is 4.20. The number of hydrogen-bond donors (Lipinski definition) is 1. The second-order valence-corrected chi connectivity index (χ2v) is 6.13. The van der Waals surface area contributed by atoms with Gasteiger partial charge in [-0.05, 0) is 19.1 Å². The van der Waals surface area contributed by atoms with Crippen LogP contribution < -0.4 is 5.43 Å². The van der Waals surface area contributed by atoms with Gasteiger partial charge in [-0.2, -0.15) is 5.43 Å². The molecule has 3 rings (SSSR count). The maximum Gasteiger partial charge on any atom is 0.413 e. The highest BCUT2D eigenvalue weighted by Crippen LogP contribution is 2.18. The van der Waals surface area contributed by atoms with Crippen molar-refractivity contribution in [2.75, 3.05) is 20.6 Å². The molecule has 1 saturated heterocycles. The van der Waals surface area contributed by atoms with Crippen molar-refractivity contribution in [2.24, 2.45) is 10.1 Å². The second-order valence-electron chi connectivity index (χ2n) is 5.73. The summed E-state index contributed by atoms with van der Waals surface area (Å²) in [5.41, 5.74) is 2.84. The number of benzene rings is 1. The van der Waals surface area contributed by atoms with Gasteiger partial charge in [0.15, 0.2) is 0 Å². The summed E-state index contributed by atoms with van der Waals surface area (Å²) in [4.78, 5) is 31.2. The molecule has 0 bridgehead atoms. The summed E-state index contributed by atoms with van der Waals surface area (Å²) in [6, 6.07) is 3.17. The summed E-state index contributed by atoms with van der Waals surface area (Å²) in [6.07, 6.45) is 1.24. The normalized spacial score (nSPS) is 20.2. The third-order valence-electron chi connectivity index (χ3n) is 4.23. The van der Waals surface area contributed by atoms with Gasteiger partial charge in [0.2, 0.25) is 11.9 Å². The van der Waals surface area contributed by atoms with E-state index < -0.39 is 17.9 Å². The summed E-state index contributed by atoms with van der Waals surface area (Å²) < 4.78 is 15.5. The SMILES string of the molecule is CC[N+]1=C(N/N=C/c2c(F)cccc2Cl)N=C2C1C(=O)N(C)C(=O)N2C. The van der Waals surface area contributed by atoms with Crippen LogP contribution in [0, 0.1) is 5.82 Å². The number of imide groups is 1. The number of urea groups is 1. The molecule has 0 saturated carbocycles. The summed E-state index contributed by atoms with van der Waals surface area (Å²) in [5.74, 6) is -0.262. The highest BCUT2D eigenvalue weighted by atomic mass is 35.5. The van der Waals surface area contributed by atoms with E-state index in [0.717, 1.165) is 4.90 Å². The standard InChI is InChI=1S/C16H16ClFN6O2/c1-4-24-12-13(22(2)16(26)23(3)14(12)25)20-15(24)21-19-8-9-10(17)6-5-7-11(9)18/h5-8,12H,4H2,1-3H3/p+1/b19-8+. The molecular formula is C16H17ClFN6O2+. The van der Waals surface area contributed by atoms with Crippen LogP contribution in [0.1, 0.15) is 12.5 Å². The molecule has 26 heavy (non-hydrogen) atoms. The Balaban J connectivity index is 1.89. The molecular weight excluding hydrogens is 363 g/mol. The van der Waals surface area contributed by atoms with E-state index in [1.54, 1.807) is 17.7 Å². The van der Waals surface area contributed by atoms with Crippen molar-refractivity contribution in [1.82, 2.24) is 15.2 Å². The lowest BCUT2D eigenvalue weighted by Gasteiger charge is -2.31. The Bertz CT molecular complexity index is 861. The molecule has 1 atom stereocenters. The number of carbonyl (C=O) groups excluding carboxylic acids is 2. The van der Waals surface area contributed by atoms with E-state index >= 15 is 0 Å². The summed E-state index contributed by atoms with van der Waals surface area (Å²) >= 11 is 5.95. The van der Waals surface area contributed by atoms with Crippen LogP contribution >= 0.6 is 11.6 Å². The fourth-order valence-corrected chi connectivity index (χ4v) is 3.02. The Morgan fingerprint density at radius 3 is 2.77 bits per heavy atom. The van der Waals surface area contributed by atoms with Gasteiger partial charge in [-0.15, -0.1) is 5.10 Å². The zero-order chi connectivity index (χ0) is 19.0. The van der Waals surface area contributed by atoms with E-state index in [2.05, 4.69) is 15.5 Å². The molecule has 1 aromatic carbocycles. The molecule has 1 fully saturated rings. The molecule has 0 aromatic heterocycles. The van der Waals surface area contributed by atoms with Crippen molar-refractivity contribution in [2.45, 2.75) is 13.0 Å². The molecule has 0 spiro atoms. The summed E-state index contributed by atoms with van der Waals surface area (Å²) in [6.45, 7) is 2.30. The van der Waals surface area contributed by atoms with E-state index in [4.69, 9.17) is 11.6 Å². The van der Waals surface area contributed by atoms with Crippen LogP contribution in [0.4, 0.5) is 9.18 Å².